The number of nitrogens with one attached hydrogen (secondary N) is 2. The maximum atomic E-state index is 11.9. The zero-order valence-electron chi connectivity index (χ0n) is 11.6. The van der Waals surface area contributed by atoms with E-state index in [0.29, 0.717) is 12.5 Å². The van der Waals surface area contributed by atoms with Gasteiger partial charge in [-0.1, -0.05) is 29.8 Å². The number of aliphatic hydroxyl groups excluding tert-OH is 1. The molecule has 19 heavy (non-hydrogen) atoms. The molecule has 1 aliphatic carbocycles. The fraction of sp³-hybridized carbons (Fsp3) is 0.533. The lowest BCUT2D eigenvalue weighted by atomic mass is 9.97. The van der Waals surface area contributed by atoms with E-state index < -0.39 is 5.54 Å². The minimum Gasteiger partial charge on any atom is -0.394 e. The van der Waals surface area contributed by atoms with Gasteiger partial charge in [-0.15, -0.1) is 0 Å². The molecule has 0 saturated heterocycles. The molecule has 1 aromatic carbocycles. The Labute approximate surface area is 114 Å². The maximum Gasteiger partial charge on any atom is 0.315 e. The maximum absolute atomic E-state index is 11.9. The normalized spacial score (nSPS) is 17.6. The zero-order chi connectivity index (χ0) is 13.9. The summed E-state index contributed by atoms with van der Waals surface area (Å²) in [6, 6.07) is 7.82. The molecule has 4 heteroatoms. The number of amides is 2. The van der Waals surface area contributed by atoms with Crippen molar-refractivity contribution in [2.75, 3.05) is 6.61 Å². The van der Waals surface area contributed by atoms with E-state index in [-0.39, 0.29) is 12.6 Å². The van der Waals surface area contributed by atoms with E-state index in [0.717, 1.165) is 18.4 Å². The highest BCUT2D eigenvalue weighted by Gasteiger charge is 2.42. The first kappa shape index (κ1) is 13.9. The lowest BCUT2D eigenvalue weighted by Gasteiger charge is -2.28. The van der Waals surface area contributed by atoms with Crippen LogP contribution < -0.4 is 10.6 Å². The Kier molecular flexibility index (Phi) is 4.10. The lowest BCUT2D eigenvalue weighted by molar-refractivity contribution is 0.155. The molecule has 1 saturated carbocycles. The van der Waals surface area contributed by atoms with E-state index in [1.54, 1.807) is 0 Å². The fourth-order valence-corrected chi connectivity index (χ4v) is 2.30. The average Bonchev–Trinajstić information content (AvgIpc) is 3.21. The van der Waals surface area contributed by atoms with E-state index in [1.807, 2.05) is 38.1 Å². The molecule has 1 fully saturated rings. The van der Waals surface area contributed by atoms with Gasteiger partial charge >= 0.3 is 6.03 Å². The van der Waals surface area contributed by atoms with Crippen molar-refractivity contribution in [3.8, 4) is 0 Å². The van der Waals surface area contributed by atoms with E-state index in [9.17, 15) is 9.90 Å². The molecule has 1 aromatic rings. The highest BCUT2D eigenvalue weighted by atomic mass is 16.3. The molecule has 1 atom stereocenters. The summed E-state index contributed by atoms with van der Waals surface area (Å²) < 4.78 is 0. The highest BCUT2D eigenvalue weighted by molar-refractivity contribution is 5.74. The summed E-state index contributed by atoms with van der Waals surface area (Å²) in [5.41, 5.74) is 1.77. The molecule has 104 valence electrons. The van der Waals surface area contributed by atoms with Gasteiger partial charge in [-0.2, -0.15) is 0 Å². The SMILES string of the molecule is Cc1cccc(CNC(=O)NC(C)(CO)C2CC2)c1. The van der Waals surface area contributed by atoms with Crippen molar-refractivity contribution in [2.45, 2.75) is 38.8 Å². The van der Waals surface area contributed by atoms with Crippen molar-refractivity contribution >= 4 is 6.03 Å². The van der Waals surface area contributed by atoms with Crippen LogP contribution in [0.4, 0.5) is 4.79 Å². The topological polar surface area (TPSA) is 61.4 Å². The van der Waals surface area contributed by atoms with Crippen LogP contribution in [0.5, 0.6) is 0 Å². The Morgan fingerprint density at radius 1 is 1.47 bits per heavy atom. The van der Waals surface area contributed by atoms with E-state index in [1.165, 1.54) is 5.56 Å². The Morgan fingerprint density at radius 3 is 2.79 bits per heavy atom. The molecule has 2 rings (SSSR count). The molecule has 0 bridgehead atoms. The second-order valence-corrected chi connectivity index (χ2v) is 5.65. The zero-order valence-corrected chi connectivity index (χ0v) is 11.6. The monoisotopic (exact) mass is 262 g/mol. The van der Waals surface area contributed by atoms with Crippen molar-refractivity contribution in [2.24, 2.45) is 5.92 Å². The smallest absolute Gasteiger partial charge is 0.315 e. The number of aliphatic hydroxyl groups is 1. The summed E-state index contributed by atoms with van der Waals surface area (Å²) in [7, 11) is 0. The van der Waals surface area contributed by atoms with Crippen LogP contribution in [0.2, 0.25) is 0 Å². The standard InChI is InChI=1S/C15H22N2O2/c1-11-4-3-5-12(8-11)9-16-14(19)17-15(2,10-18)13-6-7-13/h3-5,8,13,18H,6-7,9-10H2,1-2H3,(H2,16,17,19). The molecule has 1 unspecified atom stereocenters. The first-order chi connectivity index (χ1) is 9.03. The van der Waals surface area contributed by atoms with E-state index in [4.69, 9.17) is 0 Å². The first-order valence-electron chi connectivity index (χ1n) is 6.76. The molecule has 0 heterocycles. The summed E-state index contributed by atoms with van der Waals surface area (Å²) in [6.45, 7) is 4.41. The van der Waals surface area contributed by atoms with Crippen LogP contribution in [0.3, 0.4) is 0 Å². The molecule has 0 spiro atoms. The molecular weight excluding hydrogens is 240 g/mol. The van der Waals surface area contributed by atoms with Crippen molar-refractivity contribution in [1.29, 1.82) is 0 Å². The van der Waals surface area contributed by atoms with Crippen LogP contribution in [0, 0.1) is 12.8 Å². The highest BCUT2D eigenvalue weighted by Crippen LogP contribution is 2.39. The third-order valence-corrected chi connectivity index (χ3v) is 3.74. The largest absolute Gasteiger partial charge is 0.394 e. The minimum absolute atomic E-state index is 0.0183. The Balaban J connectivity index is 1.84. The number of hydrogen-bond acceptors (Lipinski definition) is 2. The van der Waals surface area contributed by atoms with Crippen LogP contribution in [0.15, 0.2) is 24.3 Å². The number of carbonyl (C=O) groups is 1. The summed E-state index contributed by atoms with van der Waals surface area (Å²) in [5.74, 6) is 0.405. The number of benzene rings is 1. The van der Waals surface area contributed by atoms with Gasteiger partial charge in [-0.25, -0.2) is 4.79 Å². The minimum atomic E-state index is -0.489. The molecule has 2 amide bonds. The fourth-order valence-electron chi connectivity index (χ4n) is 2.30. The predicted octanol–water partition coefficient (Wildman–Crippen LogP) is 1.96. The molecule has 4 nitrogen and oxygen atoms in total. The van der Waals surface area contributed by atoms with Gasteiger partial charge in [0.2, 0.25) is 0 Å². The van der Waals surface area contributed by atoms with Crippen molar-refractivity contribution in [3.63, 3.8) is 0 Å². The Morgan fingerprint density at radius 2 is 2.21 bits per heavy atom. The van der Waals surface area contributed by atoms with Crippen LogP contribution in [0.1, 0.15) is 30.9 Å². The Bertz CT molecular complexity index is 457. The van der Waals surface area contributed by atoms with Gasteiger partial charge in [0.1, 0.15) is 0 Å². The van der Waals surface area contributed by atoms with Crippen LogP contribution in [0.25, 0.3) is 0 Å². The number of urea groups is 1. The second kappa shape index (κ2) is 5.61. The Hall–Kier alpha value is -1.55. The third-order valence-electron chi connectivity index (χ3n) is 3.74. The molecule has 0 aliphatic heterocycles. The van der Waals surface area contributed by atoms with E-state index in [2.05, 4.69) is 10.6 Å². The average molecular weight is 262 g/mol. The predicted molar refractivity (Wildman–Crippen MR) is 74.8 cm³/mol. The summed E-state index contributed by atoms with van der Waals surface area (Å²) >= 11 is 0. The third kappa shape index (κ3) is 3.70. The van der Waals surface area contributed by atoms with Gasteiger partial charge in [0.25, 0.3) is 0 Å². The number of rotatable bonds is 5. The van der Waals surface area contributed by atoms with Gasteiger partial charge in [0, 0.05) is 6.54 Å². The summed E-state index contributed by atoms with van der Waals surface area (Å²) in [6.07, 6.45) is 2.16. The van der Waals surface area contributed by atoms with Gasteiger partial charge in [0.05, 0.1) is 12.1 Å². The van der Waals surface area contributed by atoms with Gasteiger partial charge < -0.3 is 15.7 Å². The molecular formula is C15H22N2O2. The van der Waals surface area contributed by atoms with Crippen molar-refractivity contribution < 1.29 is 9.90 Å². The second-order valence-electron chi connectivity index (χ2n) is 5.65. The molecule has 0 aromatic heterocycles. The van der Waals surface area contributed by atoms with Crippen molar-refractivity contribution in [3.05, 3.63) is 35.4 Å². The van der Waals surface area contributed by atoms with Crippen LogP contribution >= 0.6 is 0 Å². The van der Waals surface area contributed by atoms with Gasteiger partial charge in [0.15, 0.2) is 0 Å². The summed E-state index contributed by atoms with van der Waals surface area (Å²) in [4.78, 5) is 11.9. The van der Waals surface area contributed by atoms with Crippen LogP contribution in [-0.4, -0.2) is 23.3 Å². The molecule has 0 radical (unpaired) electrons. The number of aryl methyl sites for hydroxylation is 1. The first-order valence-corrected chi connectivity index (χ1v) is 6.76. The summed E-state index contributed by atoms with van der Waals surface area (Å²) in [5, 5.41) is 15.2. The van der Waals surface area contributed by atoms with Gasteiger partial charge in [-0.05, 0) is 38.2 Å². The lowest BCUT2D eigenvalue weighted by Crippen LogP contribution is -2.53. The van der Waals surface area contributed by atoms with Crippen molar-refractivity contribution in [1.82, 2.24) is 10.6 Å². The molecule has 3 N–H and O–H groups in total. The van der Waals surface area contributed by atoms with E-state index >= 15 is 0 Å². The molecule has 1 aliphatic rings. The number of carbonyl (C=O) groups excluding carboxylic acids is 1. The van der Waals surface area contributed by atoms with Gasteiger partial charge in [-0.3, -0.25) is 0 Å². The number of hydrogen-bond donors (Lipinski definition) is 3. The quantitative estimate of drug-likeness (QED) is 0.759. The van der Waals surface area contributed by atoms with Crippen LogP contribution in [-0.2, 0) is 6.54 Å².